The number of hydrogen-bond donors (Lipinski definition) is 2. The molecule has 1 heterocycles. The van der Waals surface area contributed by atoms with Gasteiger partial charge in [-0.15, -0.1) is 0 Å². The van der Waals surface area contributed by atoms with Crippen molar-refractivity contribution in [3.05, 3.63) is 29.8 Å². The Bertz CT molecular complexity index is 457. The molecule has 1 amide bonds. The monoisotopic (exact) mass is 277 g/mol. The molecule has 1 aliphatic rings. The van der Waals surface area contributed by atoms with Gasteiger partial charge in [-0.05, 0) is 31.5 Å². The van der Waals surface area contributed by atoms with E-state index in [1.54, 1.807) is 0 Å². The van der Waals surface area contributed by atoms with E-state index >= 15 is 0 Å². The maximum atomic E-state index is 10.7. The van der Waals surface area contributed by atoms with E-state index in [1.807, 2.05) is 24.3 Å². The van der Waals surface area contributed by atoms with Gasteiger partial charge in [0.2, 0.25) is 0 Å². The molecular formula is C15H23N3O2. The van der Waals surface area contributed by atoms with Gasteiger partial charge < -0.3 is 15.8 Å². The summed E-state index contributed by atoms with van der Waals surface area (Å²) in [6, 6.07) is 7.84. The molecule has 0 radical (unpaired) electrons. The number of benzene rings is 1. The van der Waals surface area contributed by atoms with Crippen molar-refractivity contribution in [1.82, 2.24) is 10.2 Å². The van der Waals surface area contributed by atoms with E-state index in [4.69, 9.17) is 10.5 Å². The van der Waals surface area contributed by atoms with Gasteiger partial charge in [-0.1, -0.05) is 12.1 Å². The number of nitrogens with zero attached hydrogens (tertiary/aromatic N) is 1. The van der Waals surface area contributed by atoms with E-state index in [1.165, 1.54) is 5.56 Å². The number of ether oxygens (including phenoxy) is 1. The Morgan fingerprint density at radius 2 is 2.10 bits per heavy atom. The van der Waals surface area contributed by atoms with Crippen LogP contribution in [0.4, 0.5) is 0 Å². The van der Waals surface area contributed by atoms with E-state index in [0.29, 0.717) is 5.75 Å². The molecule has 2 rings (SSSR count). The Morgan fingerprint density at radius 1 is 1.40 bits per heavy atom. The van der Waals surface area contributed by atoms with Gasteiger partial charge in [0.05, 0.1) is 0 Å². The Morgan fingerprint density at radius 3 is 2.70 bits per heavy atom. The summed E-state index contributed by atoms with van der Waals surface area (Å²) >= 11 is 0. The Balaban J connectivity index is 1.94. The molecule has 1 aliphatic heterocycles. The average molecular weight is 277 g/mol. The fraction of sp³-hybridized carbons (Fsp3) is 0.533. The summed E-state index contributed by atoms with van der Waals surface area (Å²) in [5.41, 5.74) is 6.46. The molecular weight excluding hydrogens is 254 g/mol. The second-order valence-corrected chi connectivity index (χ2v) is 5.81. The molecule has 1 saturated heterocycles. The highest BCUT2D eigenvalue weighted by molar-refractivity contribution is 5.75. The highest BCUT2D eigenvalue weighted by Crippen LogP contribution is 2.20. The summed E-state index contributed by atoms with van der Waals surface area (Å²) < 4.78 is 5.26. The molecule has 5 nitrogen and oxygen atoms in total. The molecule has 0 atom stereocenters. The van der Waals surface area contributed by atoms with Crippen molar-refractivity contribution in [1.29, 1.82) is 0 Å². The van der Waals surface area contributed by atoms with Crippen LogP contribution in [0.15, 0.2) is 24.3 Å². The Hall–Kier alpha value is -1.59. The van der Waals surface area contributed by atoms with Crippen molar-refractivity contribution in [2.24, 2.45) is 5.73 Å². The van der Waals surface area contributed by atoms with E-state index < -0.39 is 5.91 Å². The van der Waals surface area contributed by atoms with Crippen LogP contribution in [0.3, 0.4) is 0 Å². The van der Waals surface area contributed by atoms with Crippen molar-refractivity contribution in [2.75, 3.05) is 26.2 Å². The summed E-state index contributed by atoms with van der Waals surface area (Å²) in [6.07, 6.45) is 0. The van der Waals surface area contributed by atoms with Gasteiger partial charge >= 0.3 is 0 Å². The topological polar surface area (TPSA) is 67.6 Å². The lowest BCUT2D eigenvalue weighted by atomic mass is 9.99. The number of nitrogens with two attached hydrogens (primary N) is 1. The van der Waals surface area contributed by atoms with E-state index in [0.717, 1.165) is 26.2 Å². The zero-order chi connectivity index (χ0) is 14.6. The van der Waals surface area contributed by atoms with Gasteiger partial charge in [-0.25, -0.2) is 0 Å². The molecule has 0 saturated carbocycles. The normalized spacial score (nSPS) is 18.7. The third-order valence-electron chi connectivity index (χ3n) is 3.65. The molecule has 1 aromatic carbocycles. The first-order valence-corrected chi connectivity index (χ1v) is 6.93. The summed E-state index contributed by atoms with van der Waals surface area (Å²) in [4.78, 5) is 13.1. The quantitative estimate of drug-likeness (QED) is 0.833. The second-order valence-electron chi connectivity index (χ2n) is 5.81. The molecule has 5 heteroatoms. The average Bonchev–Trinajstić information content (AvgIpc) is 2.40. The summed E-state index contributed by atoms with van der Waals surface area (Å²) in [5.74, 6) is 0.212. The zero-order valence-corrected chi connectivity index (χ0v) is 12.2. The van der Waals surface area contributed by atoms with Crippen LogP contribution >= 0.6 is 0 Å². The second kappa shape index (κ2) is 6.24. The summed E-state index contributed by atoms with van der Waals surface area (Å²) in [5, 5.41) is 3.42. The van der Waals surface area contributed by atoms with Gasteiger partial charge in [0.25, 0.3) is 5.91 Å². The molecule has 110 valence electrons. The lowest BCUT2D eigenvalue weighted by Gasteiger charge is -2.42. The highest BCUT2D eigenvalue weighted by Gasteiger charge is 2.29. The van der Waals surface area contributed by atoms with E-state index in [2.05, 4.69) is 24.1 Å². The zero-order valence-electron chi connectivity index (χ0n) is 12.2. The van der Waals surface area contributed by atoms with Crippen molar-refractivity contribution < 1.29 is 9.53 Å². The predicted octanol–water partition coefficient (Wildman–Crippen LogP) is 0.735. The van der Waals surface area contributed by atoms with Crippen molar-refractivity contribution >= 4 is 5.91 Å². The molecule has 1 aromatic rings. The number of nitrogens with one attached hydrogen (secondary N) is 1. The minimum atomic E-state index is -0.461. The Labute approximate surface area is 120 Å². The largest absolute Gasteiger partial charge is 0.484 e. The first-order chi connectivity index (χ1) is 9.47. The van der Waals surface area contributed by atoms with Gasteiger partial charge in [0, 0.05) is 31.7 Å². The van der Waals surface area contributed by atoms with Crippen LogP contribution in [-0.4, -0.2) is 42.6 Å². The lowest BCUT2D eigenvalue weighted by Crippen LogP contribution is -2.57. The van der Waals surface area contributed by atoms with Crippen LogP contribution in [0.1, 0.15) is 19.4 Å². The van der Waals surface area contributed by atoms with E-state index in [9.17, 15) is 4.79 Å². The van der Waals surface area contributed by atoms with Crippen molar-refractivity contribution in [3.8, 4) is 5.75 Å². The molecule has 0 aromatic heterocycles. The van der Waals surface area contributed by atoms with E-state index in [-0.39, 0.29) is 12.1 Å². The number of rotatable bonds is 5. The van der Waals surface area contributed by atoms with Crippen molar-refractivity contribution in [3.63, 3.8) is 0 Å². The van der Waals surface area contributed by atoms with Crippen LogP contribution in [0.2, 0.25) is 0 Å². The maximum Gasteiger partial charge on any atom is 0.255 e. The van der Waals surface area contributed by atoms with Gasteiger partial charge in [0.1, 0.15) is 5.75 Å². The smallest absolute Gasteiger partial charge is 0.255 e. The first kappa shape index (κ1) is 14.8. The molecule has 1 fully saturated rings. The van der Waals surface area contributed by atoms with Crippen LogP contribution in [0, 0.1) is 0 Å². The lowest BCUT2D eigenvalue weighted by molar-refractivity contribution is -0.119. The minimum absolute atomic E-state index is 0.0792. The SMILES string of the molecule is CC1(C)CNCCN1Cc1ccc(OCC(N)=O)cc1. The molecule has 20 heavy (non-hydrogen) atoms. The van der Waals surface area contributed by atoms with Crippen LogP contribution < -0.4 is 15.8 Å². The summed E-state index contributed by atoms with van der Waals surface area (Å²) in [6.45, 7) is 8.44. The minimum Gasteiger partial charge on any atom is -0.484 e. The fourth-order valence-corrected chi connectivity index (χ4v) is 2.38. The number of carbonyl (C=O) groups excluding carboxylic acids is 1. The first-order valence-electron chi connectivity index (χ1n) is 6.93. The maximum absolute atomic E-state index is 10.7. The molecule has 3 N–H and O–H groups in total. The van der Waals surface area contributed by atoms with Gasteiger partial charge in [-0.2, -0.15) is 0 Å². The van der Waals surface area contributed by atoms with Crippen LogP contribution in [-0.2, 0) is 11.3 Å². The van der Waals surface area contributed by atoms with Crippen LogP contribution in [0.25, 0.3) is 0 Å². The number of piperazine rings is 1. The number of hydrogen-bond acceptors (Lipinski definition) is 4. The molecule has 0 aliphatic carbocycles. The molecule has 0 bridgehead atoms. The predicted molar refractivity (Wildman–Crippen MR) is 78.5 cm³/mol. The van der Waals surface area contributed by atoms with Gasteiger partial charge in [-0.3, -0.25) is 9.69 Å². The van der Waals surface area contributed by atoms with Crippen LogP contribution in [0.5, 0.6) is 5.75 Å². The third kappa shape index (κ3) is 3.95. The number of primary amides is 1. The highest BCUT2D eigenvalue weighted by atomic mass is 16.5. The number of amides is 1. The number of carbonyl (C=O) groups is 1. The summed E-state index contributed by atoms with van der Waals surface area (Å²) in [7, 11) is 0. The third-order valence-corrected chi connectivity index (χ3v) is 3.65. The standard InChI is InChI=1S/C15H23N3O2/c1-15(2)11-17-7-8-18(15)9-12-3-5-13(6-4-12)20-10-14(16)19/h3-6,17H,7-11H2,1-2H3,(H2,16,19). The van der Waals surface area contributed by atoms with Gasteiger partial charge in [0.15, 0.2) is 6.61 Å². The van der Waals surface area contributed by atoms with Crippen molar-refractivity contribution in [2.45, 2.75) is 25.9 Å². The molecule has 0 unspecified atom stereocenters. The Kier molecular flexibility index (Phi) is 4.62. The fourth-order valence-electron chi connectivity index (χ4n) is 2.38. The molecule has 0 spiro atoms.